The van der Waals surface area contributed by atoms with Crippen molar-refractivity contribution in [1.29, 1.82) is 0 Å². The second-order valence-corrected chi connectivity index (χ2v) is 6.71. The Balaban J connectivity index is 2.04. The molecule has 1 saturated heterocycles. The number of anilines is 1. The minimum absolute atomic E-state index is 0.577. The van der Waals surface area contributed by atoms with Gasteiger partial charge >= 0.3 is 6.80 Å². The first-order valence-electron chi connectivity index (χ1n) is 5.15. The highest BCUT2D eigenvalue weighted by Crippen LogP contribution is 2.54. The van der Waals surface area contributed by atoms with Gasteiger partial charge in [0, 0.05) is 18.8 Å². The number of rotatable bonds is 3. The Kier molecular flexibility index (Phi) is 3.87. The van der Waals surface area contributed by atoms with Gasteiger partial charge in [0.1, 0.15) is 0 Å². The van der Waals surface area contributed by atoms with Crippen molar-refractivity contribution in [1.82, 2.24) is 4.67 Å². The fourth-order valence-electron chi connectivity index (χ4n) is 1.55. The van der Waals surface area contributed by atoms with E-state index in [2.05, 4.69) is 5.09 Å². The van der Waals surface area contributed by atoms with E-state index < -0.39 is 6.80 Å². The molecule has 1 fully saturated rings. The zero-order chi connectivity index (χ0) is 11.4. The summed E-state index contributed by atoms with van der Waals surface area (Å²) in [6.07, 6.45) is 0. The highest BCUT2D eigenvalue weighted by atomic mass is 35.7. The molecular weight excluding hydrogens is 247 g/mol. The minimum atomic E-state index is -3.01. The number of hydrogen-bond donors (Lipinski definition) is 1. The molecule has 1 aromatic rings. The molecule has 0 amide bonds. The molecule has 88 valence electrons. The first kappa shape index (κ1) is 11.9. The van der Waals surface area contributed by atoms with E-state index in [-0.39, 0.29) is 0 Å². The molecule has 0 saturated carbocycles. The number of nitrogens with one attached hydrogen (secondary N) is 1. The van der Waals surface area contributed by atoms with Gasteiger partial charge in [-0.25, -0.2) is 4.67 Å². The molecule has 1 aromatic carbocycles. The van der Waals surface area contributed by atoms with E-state index in [9.17, 15) is 4.57 Å². The summed E-state index contributed by atoms with van der Waals surface area (Å²) >= 11 is 6.06. The van der Waals surface area contributed by atoms with Crippen molar-refractivity contribution in [2.75, 3.05) is 31.4 Å². The summed E-state index contributed by atoms with van der Waals surface area (Å²) in [5.41, 5.74) is 0.771. The molecule has 1 aliphatic rings. The van der Waals surface area contributed by atoms with Crippen molar-refractivity contribution in [3.05, 3.63) is 30.3 Å². The Morgan fingerprint density at radius 3 is 2.50 bits per heavy atom. The summed E-state index contributed by atoms with van der Waals surface area (Å²) in [4.78, 5) is 0. The van der Waals surface area contributed by atoms with Crippen LogP contribution in [0, 0.1) is 0 Å². The highest BCUT2D eigenvalue weighted by Gasteiger charge is 2.29. The van der Waals surface area contributed by atoms with Crippen molar-refractivity contribution in [2.45, 2.75) is 0 Å². The van der Waals surface area contributed by atoms with Crippen LogP contribution in [0.5, 0.6) is 0 Å². The quantitative estimate of drug-likeness (QED) is 0.849. The number of nitrogens with zero attached hydrogens (tertiary/aromatic N) is 1. The summed E-state index contributed by atoms with van der Waals surface area (Å²) in [5.74, 6) is 0. The molecule has 1 aliphatic heterocycles. The van der Waals surface area contributed by atoms with Gasteiger partial charge in [-0.1, -0.05) is 18.2 Å². The largest absolute Gasteiger partial charge is 0.379 e. The fraction of sp³-hybridized carbons (Fsp3) is 0.400. The predicted octanol–water partition coefficient (Wildman–Crippen LogP) is 2.78. The molecule has 1 heterocycles. The van der Waals surface area contributed by atoms with Gasteiger partial charge in [0.2, 0.25) is 0 Å². The summed E-state index contributed by atoms with van der Waals surface area (Å²) < 4.78 is 19.2. The van der Waals surface area contributed by atoms with E-state index in [1.54, 1.807) is 4.67 Å². The maximum atomic E-state index is 12.3. The van der Waals surface area contributed by atoms with Crippen molar-refractivity contribution >= 4 is 23.7 Å². The van der Waals surface area contributed by atoms with Gasteiger partial charge in [-0.15, -0.1) is 0 Å². The molecule has 1 N–H and O–H groups in total. The second-order valence-electron chi connectivity index (χ2n) is 3.55. The lowest BCUT2D eigenvalue weighted by molar-refractivity contribution is 0.0733. The number of para-hydroxylation sites is 1. The molecule has 1 atom stereocenters. The number of ether oxygens (including phenoxy) is 1. The maximum Gasteiger partial charge on any atom is 0.326 e. The molecule has 2 rings (SSSR count). The van der Waals surface area contributed by atoms with Crippen LogP contribution in [-0.2, 0) is 9.30 Å². The van der Waals surface area contributed by atoms with Crippen LogP contribution in [0.3, 0.4) is 0 Å². The van der Waals surface area contributed by atoms with E-state index in [0.717, 1.165) is 5.69 Å². The van der Waals surface area contributed by atoms with Gasteiger partial charge in [-0.05, 0) is 23.4 Å². The van der Waals surface area contributed by atoms with Crippen LogP contribution in [0.1, 0.15) is 0 Å². The first-order valence-corrected chi connectivity index (χ1v) is 7.71. The lowest BCUT2D eigenvalue weighted by Crippen LogP contribution is -2.34. The van der Waals surface area contributed by atoms with Gasteiger partial charge in [-0.3, -0.25) is 4.57 Å². The number of halogens is 1. The van der Waals surface area contributed by atoms with Crippen molar-refractivity contribution in [3.63, 3.8) is 0 Å². The van der Waals surface area contributed by atoms with Crippen LogP contribution in [-0.4, -0.2) is 31.0 Å². The Bertz CT molecular complexity index is 382. The Morgan fingerprint density at radius 1 is 1.25 bits per heavy atom. The Morgan fingerprint density at radius 2 is 1.88 bits per heavy atom. The van der Waals surface area contributed by atoms with Crippen molar-refractivity contribution in [2.24, 2.45) is 0 Å². The molecule has 6 heteroatoms. The second kappa shape index (κ2) is 5.19. The smallest absolute Gasteiger partial charge is 0.326 e. The third-order valence-electron chi connectivity index (χ3n) is 2.39. The molecule has 1 unspecified atom stereocenters. The maximum absolute atomic E-state index is 12.3. The van der Waals surface area contributed by atoms with Gasteiger partial charge in [0.05, 0.1) is 13.2 Å². The average molecular weight is 261 g/mol. The molecule has 16 heavy (non-hydrogen) atoms. The van der Waals surface area contributed by atoms with Gasteiger partial charge in [0.15, 0.2) is 0 Å². The molecule has 0 bridgehead atoms. The van der Waals surface area contributed by atoms with E-state index in [0.29, 0.717) is 26.3 Å². The van der Waals surface area contributed by atoms with Crippen LogP contribution in [0.15, 0.2) is 30.3 Å². The molecule has 0 spiro atoms. The van der Waals surface area contributed by atoms with Gasteiger partial charge in [0.25, 0.3) is 0 Å². The molecule has 0 radical (unpaired) electrons. The normalized spacial score (nSPS) is 21.3. The van der Waals surface area contributed by atoms with Crippen molar-refractivity contribution < 1.29 is 9.30 Å². The van der Waals surface area contributed by atoms with Crippen LogP contribution >= 0.6 is 18.0 Å². The lowest BCUT2D eigenvalue weighted by atomic mass is 10.3. The van der Waals surface area contributed by atoms with Gasteiger partial charge in [-0.2, -0.15) is 0 Å². The van der Waals surface area contributed by atoms with E-state index >= 15 is 0 Å². The molecule has 0 aromatic heterocycles. The molecule has 4 nitrogen and oxygen atoms in total. The zero-order valence-corrected chi connectivity index (χ0v) is 10.5. The lowest BCUT2D eigenvalue weighted by Gasteiger charge is -2.30. The summed E-state index contributed by atoms with van der Waals surface area (Å²) in [5, 5.41) is 2.88. The number of morpholine rings is 1. The molecular formula is C10H14ClN2O2P. The Hall–Kier alpha value is -0.540. The van der Waals surface area contributed by atoms with Crippen LogP contribution in [0.25, 0.3) is 0 Å². The topological polar surface area (TPSA) is 41.6 Å². The van der Waals surface area contributed by atoms with Crippen LogP contribution in [0.2, 0.25) is 0 Å². The number of benzene rings is 1. The monoisotopic (exact) mass is 260 g/mol. The third-order valence-corrected chi connectivity index (χ3v) is 4.95. The third kappa shape index (κ3) is 2.98. The first-order chi connectivity index (χ1) is 7.68. The van der Waals surface area contributed by atoms with Crippen molar-refractivity contribution in [3.8, 4) is 0 Å². The average Bonchev–Trinajstić information content (AvgIpc) is 2.31. The van der Waals surface area contributed by atoms with Crippen LogP contribution < -0.4 is 5.09 Å². The van der Waals surface area contributed by atoms with E-state index in [4.69, 9.17) is 16.0 Å². The zero-order valence-electron chi connectivity index (χ0n) is 8.80. The predicted molar refractivity (Wildman–Crippen MR) is 65.9 cm³/mol. The summed E-state index contributed by atoms with van der Waals surface area (Å²) in [7, 11) is 0. The minimum Gasteiger partial charge on any atom is -0.379 e. The molecule has 0 aliphatic carbocycles. The van der Waals surface area contributed by atoms with E-state index in [1.165, 1.54) is 0 Å². The highest BCUT2D eigenvalue weighted by molar-refractivity contribution is 7.88. The summed E-state index contributed by atoms with van der Waals surface area (Å²) in [6.45, 7) is -0.665. The standard InChI is InChI=1S/C10H14ClN2O2P/c11-16(14,13-6-8-15-9-7-13)12-10-4-2-1-3-5-10/h1-5H,6-9H2,(H,12,14). The van der Waals surface area contributed by atoms with Gasteiger partial charge < -0.3 is 9.82 Å². The van der Waals surface area contributed by atoms with E-state index in [1.807, 2.05) is 30.3 Å². The summed E-state index contributed by atoms with van der Waals surface area (Å²) in [6, 6.07) is 9.33. The fourth-order valence-corrected chi connectivity index (χ4v) is 3.59. The van der Waals surface area contributed by atoms with Crippen LogP contribution in [0.4, 0.5) is 5.69 Å². The Labute approximate surface area is 99.8 Å². The number of hydrogen-bond acceptors (Lipinski definition) is 2. The SMILES string of the molecule is O=P(Cl)(Nc1ccccc1)N1CCOCC1.